The molecule has 7 nitrogen and oxygen atoms in total. The lowest BCUT2D eigenvalue weighted by Gasteiger charge is -2.30. The summed E-state index contributed by atoms with van der Waals surface area (Å²) in [6.07, 6.45) is 5.20. The predicted octanol–water partition coefficient (Wildman–Crippen LogP) is 4.11. The number of likely N-dealkylation sites (tertiary alicyclic amines) is 1. The molecule has 2 aliphatic heterocycles. The van der Waals surface area contributed by atoms with E-state index >= 15 is 0 Å². The van der Waals surface area contributed by atoms with Gasteiger partial charge in [-0.3, -0.25) is 9.59 Å². The quantitative estimate of drug-likeness (QED) is 0.685. The van der Waals surface area contributed by atoms with Gasteiger partial charge >= 0.3 is 0 Å². The molecular weight excluding hydrogens is 458 g/mol. The second-order valence-corrected chi connectivity index (χ2v) is 12.0. The van der Waals surface area contributed by atoms with E-state index in [4.69, 9.17) is 0 Å². The maximum Gasteiger partial charge on any atom is 0.254 e. The number of hydrogen-bond acceptors (Lipinski definition) is 5. The largest absolute Gasteiger partial charge is 0.339 e. The SMILES string of the molecule is Cc1cccc(NC(=O)C2CCN(S(=O)(=O)c3cc(C(=O)N4CCCCCC4)cs3)CC2)c1. The Labute approximate surface area is 199 Å². The number of nitrogens with one attached hydrogen (secondary N) is 1. The molecule has 0 bridgehead atoms. The minimum atomic E-state index is -3.68. The van der Waals surface area contributed by atoms with Crippen molar-refractivity contribution in [2.24, 2.45) is 5.92 Å². The van der Waals surface area contributed by atoms with E-state index in [2.05, 4.69) is 5.32 Å². The summed E-state index contributed by atoms with van der Waals surface area (Å²) in [4.78, 5) is 27.3. The molecule has 0 aliphatic carbocycles. The number of carbonyl (C=O) groups excluding carboxylic acids is 2. The smallest absolute Gasteiger partial charge is 0.254 e. The van der Waals surface area contributed by atoms with Crippen molar-refractivity contribution in [1.29, 1.82) is 0 Å². The van der Waals surface area contributed by atoms with E-state index in [1.165, 1.54) is 10.4 Å². The van der Waals surface area contributed by atoms with E-state index in [1.807, 2.05) is 36.1 Å². The van der Waals surface area contributed by atoms with Gasteiger partial charge in [-0.05, 0) is 56.4 Å². The number of piperidine rings is 1. The molecule has 1 aromatic carbocycles. The number of aryl methyl sites for hydroxylation is 1. The molecule has 2 amide bonds. The average Bonchev–Trinajstić information content (AvgIpc) is 3.16. The van der Waals surface area contributed by atoms with E-state index in [-0.39, 0.29) is 21.9 Å². The molecule has 0 radical (unpaired) electrons. The van der Waals surface area contributed by atoms with Gasteiger partial charge in [-0.25, -0.2) is 8.42 Å². The molecule has 0 atom stereocenters. The van der Waals surface area contributed by atoms with Gasteiger partial charge in [0.25, 0.3) is 15.9 Å². The molecule has 9 heteroatoms. The van der Waals surface area contributed by atoms with Crippen LogP contribution in [0.1, 0.15) is 54.4 Å². The first kappa shape index (κ1) is 23.9. The van der Waals surface area contributed by atoms with Crippen molar-refractivity contribution in [3.05, 3.63) is 46.8 Å². The fourth-order valence-corrected chi connectivity index (χ4v) is 7.25. The first-order chi connectivity index (χ1) is 15.8. The number of sulfonamides is 1. The van der Waals surface area contributed by atoms with Gasteiger partial charge in [0.1, 0.15) is 4.21 Å². The number of thiophene rings is 1. The number of anilines is 1. The van der Waals surface area contributed by atoms with Crippen molar-refractivity contribution in [1.82, 2.24) is 9.21 Å². The van der Waals surface area contributed by atoms with Crippen LogP contribution in [0, 0.1) is 12.8 Å². The van der Waals surface area contributed by atoms with Crippen molar-refractivity contribution in [3.8, 4) is 0 Å². The van der Waals surface area contributed by atoms with Gasteiger partial charge in [-0.15, -0.1) is 11.3 Å². The molecule has 2 aromatic rings. The van der Waals surface area contributed by atoms with Crippen molar-refractivity contribution in [2.75, 3.05) is 31.5 Å². The maximum absolute atomic E-state index is 13.2. The molecular formula is C24H31N3O4S2. The van der Waals surface area contributed by atoms with Gasteiger partial charge in [0.05, 0.1) is 5.56 Å². The molecule has 0 spiro atoms. The van der Waals surface area contributed by atoms with Crippen LogP contribution in [0.3, 0.4) is 0 Å². The molecule has 0 saturated carbocycles. The Bertz CT molecular complexity index is 1100. The second-order valence-electron chi connectivity index (χ2n) is 8.90. The van der Waals surface area contributed by atoms with Gasteiger partial charge in [0.15, 0.2) is 0 Å². The second kappa shape index (κ2) is 10.4. The highest BCUT2D eigenvalue weighted by Crippen LogP contribution is 2.29. The van der Waals surface area contributed by atoms with Crippen LogP contribution in [0.25, 0.3) is 0 Å². The number of carbonyl (C=O) groups is 2. The fourth-order valence-electron chi connectivity index (χ4n) is 4.47. The van der Waals surface area contributed by atoms with Crippen LogP contribution in [0.4, 0.5) is 5.69 Å². The van der Waals surface area contributed by atoms with Crippen LogP contribution in [0.2, 0.25) is 0 Å². The Morgan fingerprint density at radius 1 is 1.00 bits per heavy atom. The Hall–Kier alpha value is -2.23. The zero-order valence-electron chi connectivity index (χ0n) is 19.0. The van der Waals surface area contributed by atoms with Gasteiger partial charge in [-0.2, -0.15) is 4.31 Å². The zero-order valence-corrected chi connectivity index (χ0v) is 20.6. The highest BCUT2D eigenvalue weighted by Gasteiger charge is 2.33. The van der Waals surface area contributed by atoms with Crippen molar-refractivity contribution >= 4 is 38.9 Å². The summed E-state index contributed by atoms with van der Waals surface area (Å²) in [6.45, 7) is 4.02. The Morgan fingerprint density at radius 3 is 2.36 bits per heavy atom. The molecule has 2 aliphatic rings. The van der Waals surface area contributed by atoms with E-state index in [9.17, 15) is 18.0 Å². The van der Waals surface area contributed by atoms with E-state index in [1.54, 1.807) is 5.38 Å². The number of benzene rings is 1. The van der Waals surface area contributed by atoms with Crippen LogP contribution < -0.4 is 5.32 Å². The first-order valence-electron chi connectivity index (χ1n) is 11.6. The van der Waals surface area contributed by atoms with Crippen LogP contribution in [-0.2, 0) is 14.8 Å². The van der Waals surface area contributed by atoms with Crippen LogP contribution >= 0.6 is 11.3 Å². The monoisotopic (exact) mass is 489 g/mol. The number of amides is 2. The summed E-state index contributed by atoms with van der Waals surface area (Å²) in [5.74, 6) is -0.374. The number of rotatable bonds is 5. The number of hydrogen-bond donors (Lipinski definition) is 1. The lowest BCUT2D eigenvalue weighted by molar-refractivity contribution is -0.120. The normalized spacial score (nSPS) is 18.6. The maximum atomic E-state index is 13.2. The Kier molecular flexibility index (Phi) is 7.51. The third-order valence-corrected chi connectivity index (χ3v) is 9.73. The lowest BCUT2D eigenvalue weighted by atomic mass is 9.97. The van der Waals surface area contributed by atoms with Crippen LogP contribution in [-0.4, -0.2) is 55.6 Å². The minimum absolute atomic E-state index is 0.0703. The highest BCUT2D eigenvalue weighted by molar-refractivity contribution is 7.91. The fraction of sp³-hybridized carbons (Fsp3) is 0.500. The summed E-state index contributed by atoms with van der Waals surface area (Å²) in [5.41, 5.74) is 2.28. The summed E-state index contributed by atoms with van der Waals surface area (Å²) < 4.78 is 28.0. The average molecular weight is 490 g/mol. The topological polar surface area (TPSA) is 86.8 Å². The first-order valence-corrected chi connectivity index (χ1v) is 13.9. The minimum Gasteiger partial charge on any atom is -0.339 e. The van der Waals surface area contributed by atoms with Gasteiger partial charge < -0.3 is 10.2 Å². The van der Waals surface area contributed by atoms with Gasteiger partial charge in [0.2, 0.25) is 5.91 Å². The molecule has 4 rings (SSSR count). The molecule has 1 N–H and O–H groups in total. The highest BCUT2D eigenvalue weighted by atomic mass is 32.2. The molecule has 33 heavy (non-hydrogen) atoms. The third kappa shape index (κ3) is 5.65. The van der Waals surface area contributed by atoms with Crippen molar-refractivity contribution < 1.29 is 18.0 Å². The Balaban J connectivity index is 1.36. The third-order valence-electron chi connectivity index (χ3n) is 6.42. The summed E-state index contributed by atoms with van der Waals surface area (Å²) in [5, 5.41) is 4.60. The molecule has 178 valence electrons. The van der Waals surface area contributed by atoms with Gasteiger partial charge in [-0.1, -0.05) is 25.0 Å². The van der Waals surface area contributed by atoms with Crippen molar-refractivity contribution in [2.45, 2.75) is 49.7 Å². The molecule has 2 fully saturated rings. The van der Waals surface area contributed by atoms with Crippen LogP contribution in [0.5, 0.6) is 0 Å². The molecule has 3 heterocycles. The van der Waals surface area contributed by atoms with E-state index < -0.39 is 10.0 Å². The predicted molar refractivity (Wildman–Crippen MR) is 130 cm³/mol. The summed E-state index contributed by atoms with van der Waals surface area (Å²) in [6, 6.07) is 9.15. The molecule has 2 saturated heterocycles. The molecule has 0 unspecified atom stereocenters. The van der Waals surface area contributed by atoms with E-state index in [0.29, 0.717) is 31.5 Å². The van der Waals surface area contributed by atoms with E-state index in [0.717, 1.165) is 61.4 Å². The Morgan fingerprint density at radius 2 is 1.70 bits per heavy atom. The lowest BCUT2D eigenvalue weighted by Crippen LogP contribution is -2.41. The van der Waals surface area contributed by atoms with Crippen molar-refractivity contribution in [3.63, 3.8) is 0 Å². The summed E-state index contributed by atoms with van der Waals surface area (Å²) in [7, 11) is -3.68. The van der Waals surface area contributed by atoms with Gasteiger partial charge in [0, 0.05) is 43.2 Å². The number of nitrogens with zero attached hydrogens (tertiary/aromatic N) is 2. The zero-order chi connectivity index (χ0) is 23.4. The standard InChI is InChI=1S/C24H31N3O4S2/c1-18-7-6-8-21(15-18)25-23(28)19-9-13-27(14-10-19)33(30,31)22-16-20(17-32-22)24(29)26-11-4-2-3-5-12-26/h6-8,15-17,19H,2-5,9-14H2,1H3,(H,25,28). The summed E-state index contributed by atoms with van der Waals surface area (Å²) >= 11 is 1.10. The van der Waals surface area contributed by atoms with Crippen LogP contribution in [0.15, 0.2) is 39.9 Å². The molecule has 1 aromatic heterocycles.